The van der Waals surface area contributed by atoms with Gasteiger partial charge in [0.15, 0.2) is 0 Å². The Morgan fingerprint density at radius 2 is 1.40 bits per heavy atom. The summed E-state index contributed by atoms with van der Waals surface area (Å²) in [5.41, 5.74) is 3.36. The van der Waals surface area contributed by atoms with Gasteiger partial charge in [0.05, 0.1) is 0 Å². The Labute approximate surface area is 129 Å². The molecule has 1 atom stereocenters. The molecule has 1 heterocycles. The first-order valence-electron chi connectivity index (χ1n) is 7.22. The SMILES string of the molecule is CC(C)(C)c1cc([C@H]2CCN2)cc(C(C)(C)C)c1O.Cl. The van der Waals surface area contributed by atoms with E-state index in [1.165, 1.54) is 12.0 Å². The van der Waals surface area contributed by atoms with E-state index in [2.05, 4.69) is 59.0 Å². The van der Waals surface area contributed by atoms with Gasteiger partial charge in [-0.2, -0.15) is 0 Å². The number of phenols is 1. The first kappa shape index (κ1) is 17.3. The summed E-state index contributed by atoms with van der Waals surface area (Å²) in [7, 11) is 0. The van der Waals surface area contributed by atoms with E-state index in [1.807, 2.05) is 0 Å². The lowest BCUT2D eigenvalue weighted by atomic mass is 9.77. The van der Waals surface area contributed by atoms with Gasteiger partial charge in [0.1, 0.15) is 5.75 Å². The minimum Gasteiger partial charge on any atom is -0.507 e. The van der Waals surface area contributed by atoms with Crippen LogP contribution in [0, 0.1) is 0 Å². The molecule has 114 valence electrons. The molecule has 1 aromatic carbocycles. The zero-order valence-electron chi connectivity index (χ0n) is 13.5. The van der Waals surface area contributed by atoms with Gasteiger partial charge in [-0.1, -0.05) is 41.5 Å². The fourth-order valence-electron chi connectivity index (χ4n) is 2.57. The quantitative estimate of drug-likeness (QED) is 0.803. The van der Waals surface area contributed by atoms with Crippen molar-refractivity contribution in [2.24, 2.45) is 0 Å². The van der Waals surface area contributed by atoms with Crippen LogP contribution >= 0.6 is 12.4 Å². The molecule has 0 unspecified atom stereocenters. The first-order valence-corrected chi connectivity index (χ1v) is 7.22. The maximum Gasteiger partial charge on any atom is 0.123 e. The molecule has 1 aliphatic rings. The molecule has 0 saturated carbocycles. The first-order chi connectivity index (χ1) is 8.60. The van der Waals surface area contributed by atoms with Crippen LogP contribution in [0.2, 0.25) is 0 Å². The standard InChI is InChI=1S/C17H27NO.ClH/c1-16(2,3)12-9-11(14-7-8-18-14)10-13(15(12)19)17(4,5)6;/h9-10,14,18-19H,7-8H2,1-6H3;1H/t14-;/m1./s1. The molecule has 1 saturated heterocycles. The summed E-state index contributed by atoms with van der Waals surface area (Å²) in [6.07, 6.45) is 1.19. The molecule has 2 N–H and O–H groups in total. The van der Waals surface area contributed by atoms with Gasteiger partial charge >= 0.3 is 0 Å². The highest BCUT2D eigenvalue weighted by Gasteiger charge is 2.29. The number of rotatable bonds is 1. The summed E-state index contributed by atoms with van der Waals surface area (Å²) in [6, 6.07) is 4.82. The predicted molar refractivity (Wildman–Crippen MR) is 88.1 cm³/mol. The summed E-state index contributed by atoms with van der Waals surface area (Å²) < 4.78 is 0. The molecule has 0 amide bonds. The zero-order valence-corrected chi connectivity index (χ0v) is 14.3. The number of benzene rings is 1. The van der Waals surface area contributed by atoms with Gasteiger partial charge in [-0.05, 0) is 52.6 Å². The normalized spacial score (nSPS) is 19.2. The summed E-state index contributed by atoms with van der Waals surface area (Å²) >= 11 is 0. The highest BCUT2D eigenvalue weighted by Crippen LogP contribution is 2.41. The molecule has 2 nitrogen and oxygen atoms in total. The second-order valence-electron chi connectivity index (χ2n) is 7.76. The van der Waals surface area contributed by atoms with E-state index in [-0.39, 0.29) is 23.2 Å². The number of aromatic hydroxyl groups is 1. The van der Waals surface area contributed by atoms with Crippen molar-refractivity contribution in [3.8, 4) is 5.75 Å². The minimum absolute atomic E-state index is 0. The smallest absolute Gasteiger partial charge is 0.123 e. The molecule has 1 aromatic rings. The monoisotopic (exact) mass is 297 g/mol. The minimum atomic E-state index is -0.0379. The van der Waals surface area contributed by atoms with Crippen molar-refractivity contribution in [3.63, 3.8) is 0 Å². The Hall–Kier alpha value is -0.730. The van der Waals surface area contributed by atoms with Crippen LogP contribution in [-0.2, 0) is 10.8 Å². The number of hydrogen-bond donors (Lipinski definition) is 2. The molecule has 1 aliphatic heterocycles. The zero-order chi connectivity index (χ0) is 14.4. The van der Waals surface area contributed by atoms with Crippen LogP contribution in [0.3, 0.4) is 0 Å². The van der Waals surface area contributed by atoms with E-state index in [0.717, 1.165) is 17.7 Å². The third-order valence-corrected chi connectivity index (χ3v) is 3.97. The van der Waals surface area contributed by atoms with Gasteiger partial charge in [0.2, 0.25) is 0 Å². The van der Waals surface area contributed by atoms with Crippen molar-refractivity contribution in [1.82, 2.24) is 5.32 Å². The largest absolute Gasteiger partial charge is 0.507 e. The van der Waals surface area contributed by atoms with Crippen LogP contribution in [0.15, 0.2) is 12.1 Å². The molecule has 1 fully saturated rings. The van der Waals surface area contributed by atoms with Crippen LogP contribution in [-0.4, -0.2) is 11.7 Å². The van der Waals surface area contributed by atoms with Crippen LogP contribution in [0.5, 0.6) is 5.75 Å². The fourth-order valence-corrected chi connectivity index (χ4v) is 2.57. The summed E-state index contributed by atoms with van der Waals surface area (Å²) in [6.45, 7) is 14.1. The van der Waals surface area contributed by atoms with Gasteiger partial charge in [-0.3, -0.25) is 0 Å². The van der Waals surface area contributed by atoms with Crippen molar-refractivity contribution in [3.05, 3.63) is 28.8 Å². The lowest BCUT2D eigenvalue weighted by molar-refractivity contribution is 0.377. The Morgan fingerprint density at radius 3 is 1.65 bits per heavy atom. The van der Waals surface area contributed by atoms with E-state index in [9.17, 15) is 5.11 Å². The number of hydrogen-bond acceptors (Lipinski definition) is 2. The van der Waals surface area contributed by atoms with Gasteiger partial charge in [-0.15, -0.1) is 12.4 Å². The van der Waals surface area contributed by atoms with Gasteiger partial charge in [0, 0.05) is 6.04 Å². The van der Waals surface area contributed by atoms with E-state index in [4.69, 9.17) is 0 Å². The fraction of sp³-hybridized carbons (Fsp3) is 0.647. The molecular weight excluding hydrogens is 270 g/mol. The van der Waals surface area contributed by atoms with Crippen LogP contribution in [0.4, 0.5) is 0 Å². The van der Waals surface area contributed by atoms with Crippen molar-refractivity contribution >= 4 is 12.4 Å². The van der Waals surface area contributed by atoms with Gasteiger partial charge in [0.25, 0.3) is 0 Å². The highest BCUT2D eigenvalue weighted by atomic mass is 35.5. The number of halogens is 1. The second-order valence-corrected chi connectivity index (χ2v) is 7.76. The molecule has 0 aliphatic carbocycles. The van der Waals surface area contributed by atoms with E-state index in [0.29, 0.717) is 11.8 Å². The Morgan fingerprint density at radius 1 is 1.00 bits per heavy atom. The molecule has 0 radical (unpaired) electrons. The number of phenolic OH excluding ortho intramolecular Hbond substituents is 1. The van der Waals surface area contributed by atoms with Crippen molar-refractivity contribution in [1.29, 1.82) is 0 Å². The van der Waals surface area contributed by atoms with Crippen LogP contribution in [0.25, 0.3) is 0 Å². The van der Waals surface area contributed by atoms with E-state index < -0.39 is 0 Å². The molecule has 20 heavy (non-hydrogen) atoms. The van der Waals surface area contributed by atoms with Crippen LogP contribution in [0.1, 0.15) is 70.7 Å². The lowest BCUT2D eigenvalue weighted by Gasteiger charge is -2.33. The maximum atomic E-state index is 10.6. The third-order valence-electron chi connectivity index (χ3n) is 3.97. The maximum absolute atomic E-state index is 10.6. The summed E-state index contributed by atoms with van der Waals surface area (Å²) in [5, 5.41) is 14.1. The summed E-state index contributed by atoms with van der Waals surface area (Å²) in [5.74, 6) is 0.475. The molecule has 0 bridgehead atoms. The summed E-state index contributed by atoms with van der Waals surface area (Å²) in [4.78, 5) is 0. The van der Waals surface area contributed by atoms with Crippen molar-refractivity contribution in [2.75, 3.05) is 6.54 Å². The predicted octanol–water partition coefficient (Wildman–Crippen LogP) is 4.44. The third kappa shape index (κ3) is 3.29. The molecular formula is C17H28ClNO. The van der Waals surface area contributed by atoms with Crippen LogP contribution < -0.4 is 5.32 Å². The molecule has 3 heteroatoms. The lowest BCUT2D eigenvalue weighted by Crippen LogP contribution is -2.35. The highest BCUT2D eigenvalue weighted by molar-refractivity contribution is 5.85. The number of nitrogens with one attached hydrogen (secondary N) is 1. The molecule has 0 spiro atoms. The Balaban J connectivity index is 0.00000200. The second kappa shape index (κ2) is 5.57. The van der Waals surface area contributed by atoms with E-state index >= 15 is 0 Å². The van der Waals surface area contributed by atoms with Crippen molar-refractivity contribution < 1.29 is 5.11 Å². The average molecular weight is 298 g/mol. The molecule has 2 rings (SSSR count). The van der Waals surface area contributed by atoms with Gasteiger partial charge in [-0.25, -0.2) is 0 Å². The van der Waals surface area contributed by atoms with Crippen molar-refractivity contribution in [2.45, 2.75) is 64.8 Å². The average Bonchev–Trinajstić information content (AvgIpc) is 2.13. The Kier molecular flexibility index (Phi) is 4.83. The van der Waals surface area contributed by atoms with Gasteiger partial charge < -0.3 is 10.4 Å². The van der Waals surface area contributed by atoms with E-state index in [1.54, 1.807) is 0 Å². The Bertz CT molecular complexity index is 444. The topological polar surface area (TPSA) is 32.3 Å². The molecule has 0 aromatic heterocycles.